The Balaban J connectivity index is 1.86. The van der Waals surface area contributed by atoms with Crippen LogP contribution in [-0.2, 0) is 5.41 Å². The van der Waals surface area contributed by atoms with Gasteiger partial charge in [0.1, 0.15) is 19.3 Å². The molecular weight excluding hydrogens is 327 g/mol. The van der Waals surface area contributed by atoms with Crippen molar-refractivity contribution in [2.24, 2.45) is 0 Å². The van der Waals surface area contributed by atoms with Crippen molar-refractivity contribution in [1.29, 1.82) is 0 Å². The van der Waals surface area contributed by atoms with Crippen LogP contribution in [0.2, 0.25) is 0 Å². The first-order valence-electron chi connectivity index (χ1n) is 9.38. The summed E-state index contributed by atoms with van der Waals surface area (Å²) in [4.78, 5) is 0. The molecule has 4 aromatic carbocycles. The van der Waals surface area contributed by atoms with Gasteiger partial charge in [-0.15, -0.1) is 0 Å². The smallest absolute Gasteiger partial charge is 0.139 e. The topological polar surface area (TPSA) is 9.23 Å². The lowest BCUT2D eigenvalue weighted by atomic mass is 9.66. The van der Waals surface area contributed by atoms with Gasteiger partial charge < -0.3 is 4.74 Å². The molecule has 4 aromatic rings. The molecular formula is C25H17BO. The van der Waals surface area contributed by atoms with Crippen molar-refractivity contribution in [3.63, 3.8) is 0 Å². The molecule has 0 bridgehead atoms. The highest BCUT2D eigenvalue weighted by molar-refractivity contribution is 6.32. The van der Waals surface area contributed by atoms with Crippen molar-refractivity contribution in [3.05, 3.63) is 113 Å². The molecule has 27 heavy (non-hydrogen) atoms. The van der Waals surface area contributed by atoms with Crippen LogP contribution in [-0.4, -0.2) is 7.85 Å². The van der Waals surface area contributed by atoms with E-state index in [9.17, 15) is 0 Å². The Bertz CT molecular complexity index is 1180. The average molecular weight is 344 g/mol. The van der Waals surface area contributed by atoms with Crippen molar-refractivity contribution >= 4 is 13.3 Å². The summed E-state index contributed by atoms with van der Waals surface area (Å²) >= 11 is 0. The fourth-order valence-electron chi connectivity index (χ4n) is 4.97. The van der Waals surface area contributed by atoms with Crippen molar-refractivity contribution in [3.8, 4) is 22.6 Å². The maximum Gasteiger partial charge on any atom is 0.139 e. The van der Waals surface area contributed by atoms with Crippen LogP contribution < -0.4 is 10.2 Å². The summed E-state index contributed by atoms with van der Waals surface area (Å²) in [6.45, 7) is 0. The second-order valence-corrected chi connectivity index (χ2v) is 7.44. The third-order valence-electron chi connectivity index (χ3n) is 6.00. The largest absolute Gasteiger partial charge is 0.457 e. The minimum absolute atomic E-state index is 0.328. The van der Waals surface area contributed by atoms with Crippen molar-refractivity contribution in [2.45, 2.75) is 5.41 Å². The molecule has 1 aliphatic carbocycles. The molecule has 1 aliphatic heterocycles. The Morgan fingerprint density at radius 2 is 1.11 bits per heavy atom. The van der Waals surface area contributed by atoms with Crippen molar-refractivity contribution in [2.75, 3.05) is 0 Å². The number of para-hydroxylation sites is 2. The molecule has 126 valence electrons. The van der Waals surface area contributed by atoms with Gasteiger partial charge in [0.15, 0.2) is 0 Å². The van der Waals surface area contributed by atoms with Gasteiger partial charge in [-0.3, -0.25) is 0 Å². The monoisotopic (exact) mass is 344 g/mol. The summed E-state index contributed by atoms with van der Waals surface area (Å²) in [7, 11) is 2.17. The fraction of sp³-hybridized carbons (Fsp3) is 0.0400. The van der Waals surface area contributed by atoms with Crippen molar-refractivity contribution in [1.82, 2.24) is 0 Å². The van der Waals surface area contributed by atoms with Crippen LogP contribution in [0, 0.1) is 0 Å². The number of hydrogen-bond donors (Lipinski definition) is 0. The van der Waals surface area contributed by atoms with Gasteiger partial charge in [-0.05, 0) is 34.4 Å². The Morgan fingerprint density at radius 3 is 1.81 bits per heavy atom. The van der Waals surface area contributed by atoms with E-state index in [0.717, 1.165) is 11.5 Å². The molecule has 2 heteroatoms. The van der Waals surface area contributed by atoms with E-state index >= 15 is 0 Å². The number of rotatable bonds is 0. The zero-order valence-electron chi connectivity index (χ0n) is 15.1. The molecule has 1 nitrogen and oxygen atoms in total. The van der Waals surface area contributed by atoms with Crippen molar-refractivity contribution < 1.29 is 4.74 Å². The van der Waals surface area contributed by atoms with Gasteiger partial charge in [0.25, 0.3) is 0 Å². The molecule has 0 aromatic heterocycles. The maximum atomic E-state index is 6.32. The minimum Gasteiger partial charge on any atom is -0.457 e. The summed E-state index contributed by atoms with van der Waals surface area (Å²) < 4.78 is 6.32. The lowest BCUT2D eigenvalue weighted by Gasteiger charge is -2.39. The molecule has 0 atom stereocenters. The SMILES string of the molecule is Bc1ccc2c(c1)-c1ccccc1C21c2ccccc2Oc2ccccc21. The molecule has 0 radical (unpaired) electrons. The Hall–Kier alpha value is -3.26. The number of ether oxygens (including phenoxy) is 1. The van der Waals surface area contributed by atoms with E-state index in [4.69, 9.17) is 4.74 Å². The van der Waals surface area contributed by atoms with Crippen LogP contribution in [0.25, 0.3) is 11.1 Å². The predicted octanol–water partition coefficient (Wildman–Crippen LogP) is 4.41. The highest BCUT2D eigenvalue weighted by atomic mass is 16.5. The average Bonchev–Trinajstić information content (AvgIpc) is 2.99. The third-order valence-corrected chi connectivity index (χ3v) is 6.00. The van der Waals surface area contributed by atoms with Gasteiger partial charge in [0.2, 0.25) is 0 Å². The minimum atomic E-state index is -0.328. The summed E-state index contributed by atoms with van der Waals surface area (Å²) in [5.74, 6) is 1.89. The van der Waals surface area contributed by atoms with Gasteiger partial charge in [-0.25, -0.2) is 0 Å². The molecule has 6 rings (SSSR count). The molecule has 0 unspecified atom stereocenters. The summed E-state index contributed by atoms with van der Waals surface area (Å²) in [6, 6.07) is 32.6. The van der Waals surface area contributed by atoms with E-state index in [1.54, 1.807) is 0 Å². The second-order valence-electron chi connectivity index (χ2n) is 7.44. The van der Waals surface area contributed by atoms with Gasteiger partial charge in [0, 0.05) is 11.1 Å². The predicted molar refractivity (Wildman–Crippen MR) is 112 cm³/mol. The highest BCUT2D eigenvalue weighted by Gasteiger charge is 2.50. The Morgan fingerprint density at radius 1 is 0.556 bits per heavy atom. The zero-order valence-corrected chi connectivity index (χ0v) is 15.1. The van der Waals surface area contributed by atoms with E-state index in [1.165, 1.54) is 38.8 Å². The first-order chi connectivity index (χ1) is 13.3. The van der Waals surface area contributed by atoms with Crippen LogP contribution in [0.4, 0.5) is 0 Å². The maximum absolute atomic E-state index is 6.32. The zero-order chi connectivity index (χ0) is 18.0. The summed E-state index contributed by atoms with van der Waals surface area (Å²) in [6.07, 6.45) is 0. The molecule has 2 aliphatic rings. The summed E-state index contributed by atoms with van der Waals surface area (Å²) in [5.41, 5.74) is 8.74. The fourth-order valence-corrected chi connectivity index (χ4v) is 4.97. The van der Waals surface area contributed by atoms with Gasteiger partial charge in [-0.1, -0.05) is 84.3 Å². The Labute approximate surface area is 159 Å². The second kappa shape index (κ2) is 5.14. The van der Waals surface area contributed by atoms with E-state index in [2.05, 4.69) is 98.8 Å². The van der Waals surface area contributed by atoms with Crippen LogP contribution >= 0.6 is 0 Å². The van der Waals surface area contributed by atoms with Gasteiger partial charge in [0.05, 0.1) is 5.41 Å². The lowest BCUT2D eigenvalue weighted by Crippen LogP contribution is -2.32. The molecule has 0 fully saturated rings. The normalized spacial score (nSPS) is 14.7. The molecule has 0 saturated heterocycles. The first kappa shape index (κ1) is 14.9. The number of benzene rings is 4. The molecule has 0 amide bonds. The van der Waals surface area contributed by atoms with E-state index in [1.807, 2.05) is 0 Å². The van der Waals surface area contributed by atoms with Crippen LogP contribution in [0.15, 0.2) is 91.0 Å². The quantitative estimate of drug-likeness (QED) is 0.371. The number of fused-ring (bicyclic) bond motifs is 9. The lowest BCUT2D eigenvalue weighted by molar-refractivity contribution is 0.436. The molecule has 0 saturated carbocycles. The van der Waals surface area contributed by atoms with Gasteiger partial charge in [-0.2, -0.15) is 0 Å². The van der Waals surface area contributed by atoms with Crippen LogP contribution in [0.5, 0.6) is 11.5 Å². The molecule has 0 N–H and O–H groups in total. The first-order valence-corrected chi connectivity index (χ1v) is 9.38. The van der Waals surface area contributed by atoms with Gasteiger partial charge >= 0.3 is 0 Å². The Kier molecular flexibility index (Phi) is 2.83. The molecule has 1 heterocycles. The van der Waals surface area contributed by atoms with E-state index < -0.39 is 0 Å². The summed E-state index contributed by atoms with van der Waals surface area (Å²) in [5, 5.41) is 0. The molecule has 1 spiro atoms. The van der Waals surface area contributed by atoms with E-state index in [-0.39, 0.29) is 5.41 Å². The van der Waals surface area contributed by atoms with E-state index in [0.29, 0.717) is 0 Å². The van der Waals surface area contributed by atoms with Crippen LogP contribution in [0.1, 0.15) is 22.3 Å². The highest BCUT2D eigenvalue weighted by Crippen LogP contribution is 2.61. The standard InChI is InChI=1S/C25H17BO/c26-16-13-14-20-18(15-16)17-7-1-2-8-19(17)25(20)21-9-3-5-11-23(21)27-24-12-6-4-10-22(24)25/h1-15H,26H2. The van der Waals surface area contributed by atoms with Crippen LogP contribution in [0.3, 0.4) is 0 Å². The number of hydrogen-bond acceptors (Lipinski definition) is 1. The third kappa shape index (κ3) is 1.75.